The molecule has 0 nitrogen and oxygen atoms in total. The van der Waals surface area contributed by atoms with Gasteiger partial charge in [-0.3, -0.25) is 0 Å². The molecule has 0 aromatic heterocycles. The van der Waals surface area contributed by atoms with Gasteiger partial charge in [-0.05, 0) is 61.3 Å². The number of unbranched alkanes of at least 4 members (excludes halogenated alkanes) is 10. The zero-order valence-corrected chi connectivity index (χ0v) is 17.5. The Bertz CT molecular complexity index is 418. The number of hydrogen-bond donors (Lipinski definition) is 0. The Labute approximate surface area is 158 Å². The highest BCUT2D eigenvalue weighted by Gasteiger charge is 2.08. The van der Waals surface area contributed by atoms with E-state index in [1.165, 1.54) is 103 Å². The van der Waals surface area contributed by atoms with Gasteiger partial charge in [0.15, 0.2) is 0 Å². The standard InChI is InChI=1S/C25H43/c1-4-7-10-12-13-14-15-19-24-21-17-20-23(18-9-6-3)25(24)22-16-11-8-5-2/h17,20H,4-16,18-19,22H2,1-3H3. The lowest BCUT2D eigenvalue weighted by molar-refractivity contribution is 0.587. The molecule has 1 radical (unpaired) electrons. The first-order valence-corrected chi connectivity index (χ1v) is 11.3. The Morgan fingerprint density at radius 2 is 1.16 bits per heavy atom. The van der Waals surface area contributed by atoms with Crippen LogP contribution in [0.3, 0.4) is 0 Å². The van der Waals surface area contributed by atoms with Gasteiger partial charge in [0.05, 0.1) is 0 Å². The molecule has 0 atom stereocenters. The molecular formula is C25H43. The molecule has 0 amide bonds. The van der Waals surface area contributed by atoms with Crippen molar-refractivity contribution in [3.05, 3.63) is 34.9 Å². The van der Waals surface area contributed by atoms with Crippen molar-refractivity contribution < 1.29 is 0 Å². The molecule has 0 N–H and O–H groups in total. The quantitative estimate of drug-likeness (QED) is 0.265. The van der Waals surface area contributed by atoms with Gasteiger partial charge in [0.25, 0.3) is 0 Å². The van der Waals surface area contributed by atoms with Crippen molar-refractivity contribution in [1.29, 1.82) is 0 Å². The van der Waals surface area contributed by atoms with E-state index in [-0.39, 0.29) is 0 Å². The molecule has 0 unspecified atom stereocenters. The largest absolute Gasteiger partial charge is 0.0654 e. The summed E-state index contributed by atoms with van der Waals surface area (Å²) in [6, 6.07) is 8.14. The summed E-state index contributed by atoms with van der Waals surface area (Å²) < 4.78 is 0. The topological polar surface area (TPSA) is 0 Å². The molecule has 0 saturated carbocycles. The van der Waals surface area contributed by atoms with Crippen LogP contribution in [0.2, 0.25) is 0 Å². The lowest BCUT2D eigenvalue weighted by Gasteiger charge is -2.15. The van der Waals surface area contributed by atoms with Gasteiger partial charge < -0.3 is 0 Å². The molecule has 0 fully saturated rings. The minimum Gasteiger partial charge on any atom is -0.0654 e. The normalized spacial score (nSPS) is 11.2. The molecule has 0 aliphatic rings. The molecule has 1 aromatic rings. The molecule has 1 aromatic carbocycles. The van der Waals surface area contributed by atoms with Crippen LogP contribution >= 0.6 is 0 Å². The number of hydrogen-bond acceptors (Lipinski definition) is 0. The summed E-state index contributed by atoms with van der Waals surface area (Å²) in [7, 11) is 0. The second-order valence-electron chi connectivity index (χ2n) is 7.75. The Balaban J connectivity index is 2.53. The molecule has 0 bridgehead atoms. The van der Waals surface area contributed by atoms with Gasteiger partial charge in [-0.25, -0.2) is 0 Å². The van der Waals surface area contributed by atoms with Crippen LogP contribution in [0, 0.1) is 6.07 Å². The molecule has 0 saturated heterocycles. The molecule has 0 aliphatic carbocycles. The second kappa shape index (κ2) is 15.5. The van der Waals surface area contributed by atoms with Crippen molar-refractivity contribution in [3.8, 4) is 0 Å². The Morgan fingerprint density at radius 1 is 0.600 bits per heavy atom. The first-order chi connectivity index (χ1) is 12.3. The molecule has 143 valence electrons. The van der Waals surface area contributed by atoms with Crippen molar-refractivity contribution in [2.45, 2.75) is 124 Å². The SMILES string of the molecule is CCCCCCCCCc1[c]ccc(CCCC)c1CCCCCC. The number of benzene rings is 1. The van der Waals surface area contributed by atoms with E-state index < -0.39 is 0 Å². The second-order valence-corrected chi connectivity index (χ2v) is 7.75. The monoisotopic (exact) mass is 343 g/mol. The average Bonchev–Trinajstić information content (AvgIpc) is 2.63. The van der Waals surface area contributed by atoms with E-state index in [2.05, 4.69) is 39.0 Å². The maximum absolute atomic E-state index is 3.61. The third-order valence-corrected chi connectivity index (χ3v) is 5.40. The predicted octanol–water partition coefficient (Wildman–Crippen LogP) is 8.25. The van der Waals surface area contributed by atoms with Crippen LogP contribution in [0.1, 0.15) is 121 Å². The maximum atomic E-state index is 3.61. The van der Waals surface area contributed by atoms with Gasteiger partial charge in [0, 0.05) is 0 Å². The lowest BCUT2D eigenvalue weighted by atomic mass is 9.90. The zero-order chi connectivity index (χ0) is 18.2. The van der Waals surface area contributed by atoms with Crippen LogP contribution in [0.5, 0.6) is 0 Å². The summed E-state index contributed by atoms with van der Waals surface area (Å²) in [5, 5.41) is 0. The van der Waals surface area contributed by atoms with E-state index in [1.807, 2.05) is 0 Å². The third-order valence-electron chi connectivity index (χ3n) is 5.40. The fraction of sp³-hybridized carbons (Fsp3) is 0.760. The van der Waals surface area contributed by atoms with Gasteiger partial charge in [-0.15, -0.1) is 0 Å². The van der Waals surface area contributed by atoms with Crippen molar-refractivity contribution in [3.63, 3.8) is 0 Å². The van der Waals surface area contributed by atoms with Gasteiger partial charge in [0.2, 0.25) is 0 Å². The summed E-state index contributed by atoms with van der Waals surface area (Å²) in [4.78, 5) is 0. The van der Waals surface area contributed by atoms with E-state index >= 15 is 0 Å². The van der Waals surface area contributed by atoms with Crippen LogP contribution in [-0.2, 0) is 19.3 Å². The Hall–Kier alpha value is -0.780. The van der Waals surface area contributed by atoms with Crippen LogP contribution in [0.25, 0.3) is 0 Å². The Kier molecular flexibility index (Phi) is 13.8. The van der Waals surface area contributed by atoms with E-state index in [9.17, 15) is 0 Å². The van der Waals surface area contributed by atoms with Crippen molar-refractivity contribution in [1.82, 2.24) is 0 Å². The van der Waals surface area contributed by atoms with Crippen molar-refractivity contribution in [2.24, 2.45) is 0 Å². The van der Waals surface area contributed by atoms with Crippen LogP contribution in [0.4, 0.5) is 0 Å². The summed E-state index contributed by atoms with van der Waals surface area (Å²) in [5.74, 6) is 0. The van der Waals surface area contributed by atoms with E-state index in [0.717, 1.165) is 0 Å². The summed E-state index contributed by atoms with van der Waals surface area (Å²) in [6.45, 7) is 6.90. The fourth-order valence-corrected chi connectivity index (χ4v) is 3.75. The molecule has 0 heterocycles. The van der Waals surface area contributed by atoms with Crippen molar-refractivity contribution in [2.75, 3.05) is 0 Å². The highest BCUT2D eigenvalue weighted by atomic mass is 14.1. The summed E-state index contributed by atoms with van der Waals surface area (Å²) >= 11 is 0. The van der Waals surface area contributed by atoms with E-state index in [4.69, 9.17) is 0 Å². The van der Waals surface area contributed by atoms with E-state index in [1.54, 1.807) is 16.7 Å². The summed E-state index contributed by atoms with van der Waals surface area (Å²) in [6.07, 6.45) is 21.6. The highest BCUT2D eigenvalue weighted by molar-refractivity contribution is 5.35. The fourth-order valence-electron chi connectivity index (χ4n) is 3.75. The summed E-state index contributed by atoms with van der Waals surface area (Å²) in [5.41, 5.74) is 4.83. The molecular weight excluding hydrogens is 300 g/mol. The molecule has 0 spiro atoms. The molecule has 1 rings (SSSR count). The van der Waals surface area contributed by atoms with Gasteiger partial charge in [-0.2, -0.15) is 0 Å². The van der Waals surface area contributed by atoms with Crippen LogP contribution in [-0.4, -0.2) is 0 Å². The molecule has 0 heteroatoms. The smallest absolute Gasteiger partial charge is 0.0146 e. The van der Waals surface area contributed by atoms with Crippen LogP contribution < -0.4 is 0 Å². The first kappa shape index (κ1) is 22.3. The number of rotatable bonds is 16. The third kappa shape index (κ3) is 10.1. The van der Waals surface area contributed by atoms with E-state index in [0.29, 0.717) is 0 Å². The molecule has 0 aliphatic heterocycles. The molecule has 25 heavy (non-hydrogen) atoms. The lowest BCUT2D eigenvalue weighted by Crippen LogP contribution is -2.02. The van der Waals surface area contributed by atoms with Gasteiger partial charge >= 0.3 is 0 Å². The average molecular weight is 344 g/mol. The maximum Gasteiger partial charge on any atom is -0.0146 e. The van der Waals surface area contributed by atoms with Gasteiger partial charge in [-0.1, -0.05) is 97.1 Å². The van der Waals surface area contributed by atoms with Gasteiger partial charge in [0.1, 0.15) is 0 Å². The first-order valence-electron chi connectivity index (χ1n) is 11.3. The number of aryl methyl sites for hydroxylation is 2. The Morgan fingerprint density at radius 3 is 1.84 bits per heavy atom. The minimum absolute atomic E-state index is 1.25. The van der Waals surface area contributed by atoms with Crippen LogP contribution in [0.15, 0.2) is 12.1 Å². The zero-order valence-electron chi connectivity index (χ0n) is 17.5. The predicted molar refractivity (Wildman–Crippen MR) is 113 cm³/mol. The minimum atomic E-state index is 1.25. The highest BCUT2D eigenvalue weighted by Crippen LogP contribution is 2.22. The van der Waals surface area contributed by atoms with Crippen molar-refractivity contribution >= 4 is 0 Å².